The summed E-state index contributed by atoms with van der Waals surface area (Å²) in [6, 6.07) is 9.09. The fraction of sp³-hybridized carbons (Fsp3) is 0.0667. The van der Waals surface area contributed by atoms with Gasteiger partial charge in [-0.15, -0.1) is 0 Å². The Morgan fingerprint density at radius 2 is 2.15 bits per heavy atom. The number of carbonyl (C=O) groups excluding carboxylic acids is 1. The van der Waals surface area contributed by atoms with Crippen molar-refractivity contribution in [1.82, 2.24) is 9.97 Å². The van der Waals surface area contributed by atoms with Crippen molar-refractivity contribution in [2.75, 3.05) is 11.1 Å². The number of rotatable bonds is 2. The van der Waals surface area contributed by atoms with Gasteiger partial charge in [0, 0.05) is 29.0 Å². The molecule has 2 heterocycles. The van der Waals surface area contributed by atoms with Crippen molar-refractivity contribution in [2.45, 2.75) is 6.92 Å². The molecule has 5 heteroatoms. The van der Waals surface area contributed by atoms with Crippen LogP contribution in [0.4, 0.5) is 11.5 Å². The third-order valence-corrected chi connectivity index (χ3v) is 3.10. The summed E-state index contributed by atoms with van der Waals surface area (Å²) in [6.07, 6.45) is 3.39. The summed E-state index contributed by atoms with van der Waals surface area (Å²) < 4.78 is 0. The number of nitrogens with two attached hydrogens (primary N) is 1. The number of nitrogens with zero attached hydrogens (tertiary/aromatic N) is 1. The second kappa shape index (κ2) is 4.70. The topological polar surface area (TPSA) is 83.8 Å². The van der Waals surface area contributed by atoms with E-state index in [9.17, 15) is 4.79 Å². The quantitative estimate of drug-likeness (QED) is 0.623. The minimum absolute atomic E-state index is 0.197. The molecule has 5 nitrogen and oxygen atoms in total. The largest absolute Gasteiger partial charge is 0.399 e. The molecule has 3 aromatic rings. The van der Waals surface area contributed by atoms with Crippen LogP contribution < -0.4 is 11.1 Å². The summed E-state index contributed by atoms with van der Waals surface area (Å²) in [6.45, 7) is 1.95. The predicted molar refractivity (Wildman–Crippen MR) is 79.6 cm³/mol. The Morgan fingerprint density at radius 1 is 1.30 bits per heavy atom. The minimum Gasteiger partial charge on any atom is -0.399 e. The zero-order valence-corrected chi connectivity index (χ0v) is 11.0. The monoisotopic (exact) mass is 266 g/mol. The predicted octanol–water partition coefficient (Wildman–Crippen LogP) is 2.71. The average molecular weight is 266 g/mol. The van der Waals surface area contributed by atoms with Gasteiger partial charge in [0.15, 0.2) is 0 Å². The fourth-order valence-electron chi connectivity index (χ4n) is 2.06. The Hall–Kier alpha value is -2.82. The van der Waals surface area contributed by atoms with Crippen molar-refractivity contribution in [3.05, 3.63) is 53.9 Å². The van der Waals surface area contributed by atoms with E-state index in [1.807, 2.05) is 19.1 Å². The number of fused-ring (bicyclic) bond motifs is 1. The van der Waals surface area contributed by atoms with Crippen LogP contribution in [0.15, 0.2) is 42.7 Å². The molecule has 0 aliphatic rings. The van der Waals surface area contributed by atoms with Gasteiger partial charge < -0.3 is 16.0 Å². The Labute approximate surface area is 115 Å². The van der Waals surface area contributed by atoms with Crippen LogP contribution in [0.2, 0.25) is 0 Å². The number of aryl methyl sites for hydroxylation is 1. The molecule has 4 N–H and O–H groups in total. The van der Waals surface area contributed by atoms with E-state index >= 15 is 0 Å². The number of amides is 1. The lowest BCUT2D eigenvalue weighted by Gasteiger charge is -2.03. The summed E-state index contributed by atoms with van der Waals surface area (Å²) in [5.74, 6) is 0.336. The van der Waals surface area contributed by atoms with Gasteiger partial charge in [0.25, 0.3) is 5.91 Å². The molecule has 0 unspecified atom stereocenters. The van der Waals surface area contributed by atoms with Crippen molar-refractivity contribution in [3.8, 4) is 0 Å². The van der Waals surface area contributed by atoms with Gasteiger partial charge in [0.1, 0.15) is 5.82 Å². The van der Waals surface area contributed by atoms with Gasteiger partial charge in [-0.3, -0.25) is 4.79 Å². The number of aromatic amines is 1. The fourth-order valence-corrected chi connectivity index (χ4v) is 2.06. The number of hydrogen-bond donors (Lipinski definition) is 3. The molecule has 0 saturated heterocycles. The zero-order chi connectivity index (χ0) is 14.1. The number of H-pyrrole nitrogens is 1. The molecule has 1 amide bonds. The molecule has 0 aliphatic heterocycles. The summed E-state index contributed by atoms with van der Waals surface area (Å²) in [7, 11) is 0. The van der Waals surface area contributed by atoms with Crippen LogP contribution in [0, 0.1) is 6.92 Å². The van der Waals surface area contributed by atoms with Crippen molar-refractivity contribution >= 4 is 28.3 Å². The van der Waals surface area contributed by atoms with Crippen molar-refractivity contribution in [3.63, 3.8) is 0 Å². The first kappa shape index (κ1) is 12.2. The average Bonchev–Trinajstić information content (AvgIpc) is 2.84. The van der Waals surface area contributed by atoms with Crippen LogP contribution in [0.5, 0.6) is 0 Å². The highest BCUT2D eigenvalue weighted by atomic mass is 16.1. The SMILES string of the molecule is Cc1ccc(NC(=O)c2c[nH]c3cc(N)ccc23)nc1. The molecule has 1 aromatic carbocycles. The highest BCUT2D eigenvalue weighted by Crippen LogP contribution is 2.21. The third-order valence-electron chi connectivity index (χ3n) is 3.10. The number of nitrogen functional groups attached to an aromatic ring is 1. The van der Waals surface area contributed by atoms with E-state index in [-0.39, 0.29) is 5.91 Å². The lowest BCUT2D eigenvalue weighted by atomic mass is 10.1. The zero-order valence-electron chi connectivity index (χ0n) is 11.0. The van der Waals surface area contributed by atoms with Gasteiger partial charge in [-0.05, 0) is 36.8 Å². The summed E-state index contributed by atoms with van der Waals surface area (Å²) in [4.78, 5) is 19.5. The maximum atomic E-state index is 12.3. The lowest BCUT2D eigenvalue weighted by molar-refractivity contribution is 0.102. The summed E-state index contributed by atoms with van der Waals surface area (Å²) in [5, 5.41) is 3.61. The van der Waals surface area contributed by atoms with Crippen LogP contribution in [0.1, 0.15) is 15.9 Å². The smallest absolute Gasteiger partial charge is 0.258 e. The minimum atomic E-state index is -0.197. The van der Waals surface area contributed by atoms with Crippen LogP contribution in [0.3, 0.4) is 0 Å². The van der Waals surface area contributed by atoms with Gasteiger partial charge in [0.2, 0.25) is 0 Å². The Balaban J connectivity index is 1.91. The first-order chi connectivity index (χ1) is 9.63. The highest BCUT2D eigenvalue weighted by molar-refractivity contribution is 6.12. The van der Waals surface area contributed by atoms with Gasteiger partial charge in [0.05, 0.1) is 5.56 Å². The molecule has 0 aliphatic carbocycles. The highest BCUT2D eigenvalue weighted by Gasteiger charge is 2.12. The van der Waals surface area contributed by atoms with Gasteiger partial charge in [-0.2, -0.15) is 0 Å². The molecular weight excluding hydrogens is 252 g/mol. The molecule has 20 heavy (non-hydrogen) atoms. The van der Waals surface area contributed by atoms with E-state index in [1.165, 1.54) is 0 Å². The normalized spacial score (nSPS) is 10.7. The second-order valence-corrected chi connectivity index (χ2v) is 4.68. The number of pyridine rings is 1. The Morgan fingerprint density at radius 3 is 2.90 bits per heavy atom. The van der Waals surface area contributed by atoms with Gasteiger partial charge in [-0.1, -0.05) is 6.07 Å². The molecular formula is C15H14N4O. The molecule has 0 atom stereocenters. The first-order valence-corrected chi connectivity index (χ1v) is 6.24. The summed E-state index contributed by atoms with van der Waals surface area (Å²) in [5.41, 5.74) is 8.83. The number of nitrogens with one attached hydrogen (secondary N) is 2. The van der Waals surface area contributed by atoms with Crippen molar-refractivity contribution in [1.29, 1.82) is 0 Å². The maximum absolute atomic E-state index is 12.3. The molecule has 100 valence electrons. The number of carbonyl (C=O) groups is 1. The molecule has 0 bridgehead atoms. The third kappa shape index (κ3) is 2.21. The second-order valence-electron chi connectivity index (χ2n) is 4.68. The molecule has 2 aromatic heterocycles. The molecule has 3 rings (SSSR count). The number of benzene rings is 1. The van der Waals surface area contributed by atoms with Gasteiger partial charge >= 0.3 is 0 Å². The summed E-state index contributed by atoms with van der Waals surface area (Å²) >= 11 is 0. The van der Waals surface area contributed by atoms with Crippen LogP contribution >= 0.6 is 0 Å². The van der Waals surface area contributed by atoms with Crippen LogP contribution in [-0.4, -0.2) is 15.9 Å². The number of aromatic nitrogens is 2. The standard InChI is InChI=1S/C15H14N4O/c1-9-2-5-14(18-7-9)19-15(20)12-8-17-13-6-10(16)3-4-11(12)13/h2-8,17H,16H2,1H3,(H,18,19,20). The maximum Gasteiger partial charge on any atom is 0.258 e. The van der Waals surface area contributed by atoms with Crippen molar-refractivity contribution < 1.29 is 4.79 Å². The molecule has 0 saturated carbocycles. The molecule has 0 fully saturated rings. The van der Waals surface area contributed by atoms with E-state index < -0.39 is 0 Å². The van der Waals surface area contributed by atoms with E-state index in [0.717, 1.165) is 16.5 Å². The van der Waals surface area contributed by atoms with Crippen LogP contribution in [-0.2, 0) is 0 Å². The van der Waals surface area contributed by atoms with Crippen LogP contribution in [0.25, 0.3) is 10.9 Å². The number of anilines is 2. The molecule has 0 radical (unpaired) electrons. The van der Waals surface area contributed by atoms with E-state index in [2.05, 4.69) is 15.3 Å². The molecule has 0 spiro atoms. The Kier molecular flexibility index (Phi) is 2.87. The van der Waals surface area contributed by atoms with E-state index in [4.69, 9.17) is 5.73 Å². The van der Waals surface area contributed by atoms with E-state index in [1.54, 1.807) is 30.6 Å². The lowest BCUT2D eigenvalue weighted by Crippen LogP contribution is -2.12. The van der Waals surface area contributed by atoms with Gasteiger partial charge in [-0.25, -0.2) is 4.98 Å². The van der Waals surface area contributed by atoms with Crippen molar-refractivity contribution in [2.24, 2.45) is 0 Å². The Bertz CT molecular complexity index is 774. The van der Waals surface area contributed by atoms with E-state index in [0.29, 0.717) is 17.1 Å². The first-order valence-electron chi connectivity index (χ1n) is 6.24. The number of hydrogen-bond acceptors (Lipinski definition) is 3.